The second-order valence-electron chi connectivity index (χ2n) is 12.4. The third-order valence-electron chi connectivity index (χ3n) is 8.18. The highest BCUT2D eigenvalue weighted by Gasteiger charge is 2.29. The molecule has 3 N–H and O–H groups in total. The molecule has 11 nitrogen and oxygen atoms in total. The van der Waals surface area contributed by atoms with Gasteiger partial charge in [-0.15, -0.1) is 0 Å². The van der Waals surface area contributed by atoms with E-state index in [1.807, 2.05) is 6.07 Å². The average molecular weight is 694 g/mol. The predicted molar refractivity (Wildman–Crippen MR) is 189 cm³/mol. The third kappa shape index (κ3) is 15.6. The quantitative estimate of drug-likeness (QED) is 0.0540. The van der Waals surface area contributed by atoms with Crippen LogP contribution in [0.15, 0.2) is 41.5 Å². The maximum atomic E-state index is 14.0. The van der Waals surface area contributed by atoms with E-state index in [1.54, 1.807) is 24.3 Å². The van der Waals surface area contributed by atoms with Crippen LogP contribution in [0, 0.1) is 0 Å². The summed E-state index contributed by atoms with van der Waals surface area (Å²) in [5, 5.41) is 0. The van der Waals surface area contributed by atoms with E-state index in [9.17, 15) is 13.8 Å². The van der Waals surface area contributed by atoms with Gasteiger partial charge in [0.25, 0.3) is 5.56 Å². The number of nitrogen functional groups attached to an aromatic ring is 1. The molecule has 0 saturated carbocycles. The van der Waals surface area contributed by atoms with E-state index in [0.717, 1.165) is 12.8 Å². The van der Waals surface area contributed by atoms with Crippen molar-refractivity contribution in [2.24, 2.45) is 0 Å². The van der Waals surface area contributed by atoms with Crippen molar-refractivity contribution >= 4 is 24.7 Å². The van der Waals surface area contributed by atoms with Crippen molar-refractivity contribution in [2.75, 3.05) is 38.6 Å². The smallest absolute Gasteiger partial charge is 0.404 e. The van der Waals surface area contributed by atoms with Crippen LogP contribution < -0.4 is 15.8 Å². The number of nitrogens with two attached hydrogens (primary N) is 1. The first-order valence-electron chi connectivity index (χ1n) is 17.9. The molecule has 3 rings (SSSR count). The van der Waals surface area contributed by atoms with Crippen molar-refractivity contribution in [1.82, 2.24) is 19.5 Å². The molecule has 0 radical (unpaired) electrons. The summed E-state index contributed by atoms with van der Waals surface area (Å²) in [6.07, 6.45) is 20.9. The number of aromatic nitrogens is 4. The fraction of sp³-hybridized carbons (Fsp3) is 0.686. The minimum Gasteiger partial charge on any atom is -0.423 e. The van der Waals surface area contributed by atoms with Gasteiger partial charge in [-0.1, -0.05) is 121 Å². The molecule has 2 unspecified atom stereocenters. The Morgan fingerprint density at radius 1 is 0.875 bits per heavy atom. The molecule has 0 amide bonds. The van der Waals surface area contributed by atoms with Crippen molar-refractivity contribution in [1.29, 1.82) is 0 Å². The third-order valence-corrected chi connectivity index (χ3v) is 9.71. The number of nitrogens with one attached hydrogen (secondary N) is 1. The Labute approximate surface area is 285 Å². The van der Waals surface area contributed by atoms with E-state index in [0.29, 0.717) is 12.4 Å². The average Bonchev–Trinajstić information content (AvgIpc) is 3.48. The van der Waals surface area contributed by atoms with E-state index in [-0.39, 0.29) is 36.9 Å². The van der Waals surface area contributed by atoms with Gasteiger partial charge in [-0.2, -0.15) is 4.98 Å². The lowest BCUT2D eigenvalue weighted by molar-refractivity contribution is 0.0382. The summed E-state index contributed by atoms with van der Waals surface area (Å²) in [6, 6.07) is 8.61. The lowest BCUT2D eigenvalue weighted by Gasteiger charge is -2.22. The largest absolute Gasteiger partial charge is 0.423 e. The molecular weight excluding hydrogens is 636 g/mol. The van der Waals surface area contributed by atoms with E-state index in [1.165, 1.54) is 101 Å². The Bertz CT molecular complexity index is 1370. The number of unbranched alkanes of at least 4 members (excludes halogenated alkanes) is 15. The van der Waals surface area contributed by atoms with E-state index in [4.69, 9.17) is 24.3 Å². The molecule has 0 saturated heterocycles. The Morgan fingerprint density at radius 2 is 1.48 bits per heavy atom. The molecule has 13 heteroatoms. The zero-order chi connectivity index (χ0) is 34.3. The van der Waals surface area contributed by atoms with Gasteiger partial charge in [0.2, 0.25) is 5.95 Å². The van der Waals surface area contributed by atoms with Gasteiger partial charge in [0.15, 0.2) is 17.5 Å². The highest BCUT2D eigenvalue weighted by Crippen LogP contribution is 2.48. The van der Waals surface area contributed by atoms with Gasteiger partial charge in [-0.05, 0) is 18.6 Å². The Balaban J connectivity index is 1.29. The van der Waals surface area contributed by atoms with Crippen LogP contribution >= 0.6 is 7.60 Å². The number of aromatic amines is 1. The normalized spacial score (nSPS) is 13.5. The summed E-state index contributed by atoms with van der Waals surface area (Å²) < 4.78 is 51.9. The summed E-state index contributed by atoms with van der Waals surface area (Å²) >= 11 is 0. The van der Waals surface area contributed by atoms with Crippen LogP contribution in [0.1, 0.15) is 110 Å². The number of hydrogen-bond acceptors (Lipinski definition) is 9. The fourth-order valence-corrected chi connectivity index (χ4v) is 6.86. The van der Waals surface area contributed by atoms with Gasteiger partial charge < -0.3 is 24.3 Å². The molecular formula is C35H57FN5O6P. The molecule has 2 atom stereocenters. The summed E-state index contributed by atoms with van der Waals surface area (Å²) in [4.78, 5) is 22.6. The molecule has 270 valence electrons. The van der Waals surface area contributed by atoms with Crippen LogP contribution in [0.2, 0.25) is 0 Å². The van der Waals surface area contributed by atoms with Gasteiger partial charge in [0.05, 0.1) is 26.1 Å². The van der Waals surface area contributed by atoms with Crippen molar-refractivity contribution in [3.05, 3.63) is 47.0 Å². The van der Waals surface area contributed by atoms with Crippen LogP contribution in [0.25, 0.3) is 11.2 Å². The molecule has 0 aliphatic heterocycles. The molecule has 1 aromatic carbocycles. The number of H-pyrrole nitrogens is 1. The summed E-state index contributed by atoms with van der Waals surface area (Å²) in [5.74, 6) is 0.257. The van der Waals surface area contributed by atoms with Gasteiger partial charge in [-0.25, -0.2) is 13.9 Å². The van der Waals surface area contributed by atoms with Crippen LogP contribution in [0.5, 0.6) is 5.75 Å². The van der Waals surface area contributed by atoms with Crippen molar-refractivity contribution in [3.63, 3.8) is 0 Å². The second-order valence-corrected chi connectivity index (χ2v) is 14.3. The number of alkyl halides is 1. The number of fused-ring (bicyclic) bond motifs is 1. The highest BCUT2D eigenvalue weighted by atomic mass is 31.2. The van der Waals surface area contributed by atoms with Gasteiger partial charge in [0, 0.05) is 6.61 Å². The molecule has 0 aliphatic rings. The fourth-order valence-electron chi connectivity index (χ4n) is 5.49. The number of para-hydroxylation sites is 1. The monoisotopic (exact) mass is 693 g/mol. The number of nitrogens with zero attached hydrogens (tertiary/aromatic N) is 3. The summed E-state index contributed by atoms with van der Waals surface area (Å²) in [7, 11) is -3.84. The second kappa shape index (κ2) is 23.5. The number of ether oxygens (including phenoxy) is 2. The van der Waals surface area contributed by atoms with Gasteiger partial charge >= 0.3 is 7.60 Å². The topological polar surface area (TPSA) is 144 Å². The van der Waals surface area contributed by atoms with E-state index < -0.39 is 32.3 Å². The molecule has 0 aliphatic carbocycles. The molecule has 0 bridgehead atoms. The zero-order valence-electron chi connectivity index (χ0n) is 28.8. The van der Waals surface area contributed by atoms with Crippen molar-refractivity contribution in [3.8, 4) is 5.75 Å². The SMILES string of the molecule is CCCCCCCCCCCCCCCCCCOCCOP(=O)(COC(CF)Cn1cnc2c(=O)[nH]c(N)nc21)Oc1ccccc1. The highest BCUT2D eigenvalue weighted by molar-refractivity contribution is 7.54. The van der Waals surface area contributed by atoms with Gasteiger partial charge in [-0.3, -0.25) is 14.3 Å². The number of benzene rings is 1. The maximum absolute atomic E-state index is 14.0. The van der Waals surface area contributed by atoms with Crippen LogP contribution in [0.3, 0.4) is 0 Å². The number of hydrogen-bond donors (Lipinski definition) is 2. The Kier molecular flexibility index (Phi) is 19.4. The molecule has 3 aromatic rings. The first-order chi connectivity index (χ1) is 23.4. The first-order valence-corrected chi connectivity index (χ1v) is 19.6. The van der Waals surface area contributed by atoms with Gasteiger partial charge in [0.1, 0.15) is 18.5 Å². The minimum absolute atomic E-state index is 0.0325. The Hall–Kier alpha value is -2.79. The lowest BCUT2D eigenvalue weighted by Crippen LogP contribution is -2.24. The molecule has 48 heavy (non-hydrogen) atoms. The van der Waals surface area contributed by atoms with E-state index >= 15 is 0 Å². The number of anilines is 1. The predicted octanol–water partition coefficient (Wildman–Crippen LogP) is 8.58. The molecule has 0 fully saturated rings. The number of imidazole rings is 1. The molecule has 0 spiro atoms. The lowest BCUT2D eigenvalue weighted by atomic mass is 10.0. The maximum Gasteiger partial charge on any atom is 0.404 e. The van der Waals surface area contributed by atoms with Crippen LogP contribution in [0.4, 0.5) is 10.3 Å². The molecule has 2 aromatic heterocycles. The van der Waals surface area contributed by atoms with Crippen molar-refractivity contribution in [2.45, 2.75) is 122 Å². The summed E-state index contributed by atoms with van der Waals surface area (Å²) in [6.45, 7) is 2.21. The minimum atomic E-state index is -3.84. The molecule has 2 heterocycles. The number of rotatable bonds is 29. The van der Waals surface area contributed by atoms with Crippen LogP contribution in [-0.4, -0.2) is 58.5 Å². The summed E-state index contributed by atoms with van der Waals surface area (Å²) in [5.41, 5.74) is 5.42. The van der Waals surface area contributed by atoms with Crippen molar-refractivity contribution < 1.29 is 27.5 Å². The Morgan fingerprint density at radius 3 is 2.08 bits per heavy atom. The standard InChI is InChI=1S/C35H57FN5O6P/c1-2-3-4-5-6-7-8-9-10-11-12-13-14-15-16-20-23-44-24-25-46-48(43,47-30-21-18-17-19-22-30)29-45-31(26-36)27-41-28-38-32-33(41)39-35(37)40-34(32)42/h17-19,21-22,28,31H,2-16,20,23-27,29H2,1H3,(H3,37,39,40,42). The van der Waals surface area contributed by atoms with E-state index in [2.05, 4.69) is 21.9 Å². The zero-order valence-corrected chi connectivity index (χ0v) is 29.7. The van der Waals surface area contributed by atoms with Crippen LogP contribution in [-0.2, 0) is 25.1 Å². The first kappa shape index (κ1) is 39.6. The number of halogens is 1.